The summed E-state index contributed by atoms with van der Waals surface area (Å²) >= 11 is 2.22. The van der Waals surface area contributed by atoms with Crippen molar-refractivity contribution in [3.63, 3.8) is 0 Å². The molecule has 7 atom stereocenters. The minimum absolute atomic E-state index is 0.0131. The second-order valence-electron chi connectivity index (χ2n) is 8.49. The third kappa shape index (κ3) is 10.6. The lowest BCUT2D eigenvalue weighted by molar-refractivity contribution is -0.159. The average Bonchev–Trinajstić information content (AvgIpc) is 2.68. The standard InChI is InChI=1S/C23H43IO5/c1-9-19(25)14-21(27-7)16(4)10-11-20(29-23(26)15(2)3)18(6)22(28-8)17(5)12-13-24/h12-13,15-22,25H,9-11,14H2,1-8H3/b13-12+/t16-,17+,18-,19+,20+,21-,22+/m0/s1. The van der Waals surface area contributed by atoms with Gasteiger partial charge in [-0.25, -0.2) is 0 Å². The summed E-state index contributed by atoms with van der Waals surface area (Å²) in [5.41, 5.74) is 0. The molecular formula is C23H43IO5. The van der Waals surface area contributed by atoms with Crippen LogP contribution in [0.1, 0.15) is 67.2 Å². The Balaban J connectivity index is 5.27. The molecule has 0 bridgehead atoms. The lowest BCUT2D eigenvalue weighted by Crippen LogP contribution is -2.39. The Bertz CT molecular complexity index is 468. The number of carbonyl (C=O) groups is 1. The summed E-state index contributed by atoms with van der Waals surface area (Å²) in [6, 6.07) is 0. The molecule has 0 aliphatic rings. The second kappa shape index (κ2) is 15.6. The maximum atomic E-state index is 12.3. The van der Waals surface area contributed by atoms with Crippen LogP contribution in [0, 0.1) is 23.7 Å². The van der Waals surface area contributed by atoms with Crippen molar-refractivity contribution in [1.82, 2.24) is 0 Å². The highest BCUT2D eigenvalue weighted by molar-refractivity contribution is 14.1. The Labute approximate surface area is 192 Å². The number of ether oxygens (including phenoxy) is 3. The van der Waals surface area contributed by atoms with Gasteiger partial charge < -0.3 is 19.3 Å². The topological polar surface area (TPSA) is 65.0 Å². The van der Waals surface area contributed by atoms with Crippen LogP contribution in [0.3, 0.4) is 0 Å². The molecule has 0 rings (SSSR count). The first-order chi connectivity index (χ1) is 13.6. The fraction of sp³-hybridized carbons (Fsp3) is 0.870. The van der Waals surface area contributed by atoms with E-state index >= 15 is 0 Å². The van der Waals surface area contributed by atoms with Gasteiger partial charge in [0.25, 0.3) is 0 Å². The van der Waals surface area contributed by atoms with Gasteiger partial charge in [0.2, 0.25) is 0 Å². The van der Waals surface area contributed by atoms with Crippen LogP contribution in [0.25, 0.3) is 0 Å². The molecule has 1 N–H and O–H groups in total. The number of rotatable bonds is 15. The number of aliphatic hydroxyl groups excluding tert-OH is 1. The van der Waals surface area contributed by atoms with Crippen LogP contribution in [-0.4, -0.2) is 49.7 Å². The van der Waals surface area contributed by atoms with E-state index in [1.54, 1.807) is 14.2 Å². The molecule has 0 spiro atoms. The largest absolute Gasteiger partial charge is 0.462 e. The Kier molecular flexibility index (Phi) is 15.5. The van der Waals surface area contributed by atoms with E-state index in [1.807, 2.05) is 24.9 Å². The normalized spacial score (nSPS) is 19.6. The highest BCUT2D eigenvalue weighted by atomic mass is 127. The summed E-state index contributed by atoms with van der Waals surface area (Å²) in [4.78, 5) is 12.3. The molecule has 0 unspecified atom stereocenters. The fourth-order valence-corrected chi connectivity index (χ4v) is 4.32. The van der Waals surface area contributed by atoms with Crippen LogP contribution in [-0.2, 0) is 19.0 Å². The van der Waals surface area contributed by atoms with Gasteiger partial charge in [-0.05, 0) is 35.7 Å². The lowest BCUT2D eigenvalue weighted by atomic mass is 9.84. The van der Waals surface area contributed by atoms with E-state index in [1.165, 1.54) is 0 Å². The number of carbonyl (C=O) groups excluding carboxylic acids is 1. The highest BCUT2D eigenvalue weighted by Crippen LogP contribution is 2.29. The monoisotopic (exact) mass is 526 g/mol. The van der Waals surface area contributed by atoms with E-state index in [4.69, 9.17) is 14.2 Å². The SMILES string of the molecule is CC[C@@H](O)C[C@H](OC)[C@@H](C)CC[C@@H](OC(=O)C(C)C)[C@H](C)[C@H](OC)[C@H](C)/C=C/I. The van der Waals surface area contributed by atoms with E-state index in [0.717, 1.165) is 19.3 Å². The molecule has 0 aromatic heterocycles. The molecular weight excluding hydrogens is 483 g/mol. The molecule has 5 nitrogen and oxygen atoms in total. The predicted octanol–water partition coefficient (Wildman–Crippen LogP) is 5.38. The van der Waals surface area contributed by atoms with Crippen molar-refractivity contribution < 1.29 is 24.1 Å². The summed E-state index contributed by atoms with van der Waals surface area (Å²) in [7, 11) is 3.41. The first-order valence-electron chi connectivity index (χ1n) is 10.8. The molecule has 0 amide bonds. The number of hydrogen-bond donors (Lipinski definition) is 1. The van der Waals surface area contributed by atoms with Crippen LogP contribution < -0.4 is 0 Å². The molecule has 0 aromatic rings. The number of hydrogen-bond acceptors (Lipinski definition) is 5. The van der Waals surface area contributed by atoms with Gasteiger partial charge in [0, 0.05) is 26.1 Å². The minimum atomic E-state index is -0.352. The zero-order valence-corrected chi connectivity index (χ0v) is 21.7. The Hall–Kier alpha value is -0.180. The molecule has 0 radical (unpaired) electrons. The van der Waals surface area contributed by atoms with Crippen molar-refractivity contribution in [3.05, 3.63) is 10.2 Å². The quantitative estimate of drug-likeness (QED) is 0.229. The number of methoxy groups -OCH3 is 2. The third-order valence-corrected chi connectivity index (χ3v) is 6.25. The summed E-state index contributed by atoms with van der Waals surface area (Å²) in [5, 5.41) is 10.00. The van der Waals surface area contributed by atoms with Crippen LogP contribution in [0.15, 0.2) is 10.2 Å². The van der Waals surface area contributed by atoms with Gasteiger partial charge in [0.05, 0.1) is 24.2 Å². The van der Waals surface area contributed by atoms with Gasteiger partial charge in [-0.3, -0.25) is 4.79 Å². The molecule has 29 heavy (non-hydrogen) atoms. The first kappa shape index (κ1) is 28.8. The van der Waals surface area contributed by atoms with Crippen LogP contribution in [0.5, 0.6) is 0 Å². The van der Waals surface area contributed by atoms with E-state index in [-0.39, 0.29) is 54.1 Å². The molecule has 172 valence electrons. The molecule has 0 fully saturated rings. The van der Waals surface area contributed by atoms with E-state index in [2.05, 4.69) is 49.4 Å². The predicted molar refractivity (Wildman–Crippen MR) is 127 cm³/mol. The van der Waals surface area contributed by atoms with Crippen molar-refractivity contribution in [2.75, 3.05) is 14.2 Å². The summed E-state index contributed by atoms with van der Waals surface area (Å²) in [6.45, 7) is 12.0. The Morgan fingerprint density at radius 1 is 1.03 bits per heavy atom. The first-order valence-corrected chi connectivity index (χ1v) is 12.1. The third-order valence-electron chi connectivity index (χ3n) is 5.83. The molecule has 0 aliphatic carbocycles. The van der Waals surface area contributed by atoms with Crippen molar-refractivity contribution in [1.29, 1.82) is 0 Å². The number of esters is 1. The Morgan fingerprint density at radius 3 is 2.10 bits per heavy atom. The van der Waals surface area contributed by atoms with E-state index < -0.39 is 0 Å². The Morgan fingerprint density at radius 2 is 1.66 bits per heavy atom. The summed E-state index contributed by atoms with van der Waals surface area (Å²) < 4.78 is 19.3. The minimum Gasteiger partial charge on any atom is -0.462 e. The van der Waals surface area contributed by atoms with Gasteiger partial charge >= 0.3 is 5.97 Å². The molecule has 0 aromatic carbocycles. The van der Waals surface area contributed by atoms with Crippen LogP contribution >= 0.6 is 22.6 Å². The molecule has 0 saturated heterocycles. The van der Waals surface area contributed by atoms with Crippen molar-refractivity contribution in [2.45, 2.75) is 91.6 Å². The lowest BCUT2D eigenvalue weighted by Gasteiger charge is -2.34. The molecule has 0 aliphatic heterocycles. The van der Waals surface area contributed by atoms with Crippen molar-refractivity contribution >= 4 is 28.6 Å². The smallest absolute Gasteiger partial charge is 0.308 e. The van der Waals surface area contributed by atoms with Crippen molar-refractivity contribution in [3.8, 4) is 0 Å². The van der Waals surface area contributed by atoms with E-state index in [9.17, 15) is 9.90 Å². The molecule has 0 saturated carbocycles. The molecule has 6 heteroatoms. The van der Waals surface area contributed by atoms with Gasteiger partial charge in [-0.2, -0.15) is 0 Å². The zero-order valence-electron chi connectivity index (χ0n) is 19.6. The van der Waals surface area contributed by atoms with Crippen molar-refractivity contribution in [2.24, 2.45) is 23.7 Å². The fourth-order valence-electron chi connectivity index (χ4n) is 3.67. The van der Waals surface area contributed by atoms with Gasteiger partial charge in [-0.1, -0.05) is 70.2 Å². The van der Waals surface area contributed by atoms with Crippen LogP contribution in [0.2, 0.25) is 0 Å². The summed E-state index contributed by atoms with van der Waals surface area (Å²) in [6.07, 6.45) is 4.41. The number of aliphatic hydroxyl groups is 1. The summed E-state index contributed by atoms with van der Waals surface area (Å²) in [5.74, 6) is 0.185. The van der Waals surface area contributed by atoms with Gasteiger partial charge in [-0.15, -0.1) is 0 Å². The van der Waals surface area contributed by atoms with Gasteiger partial charge in [0.1, 0.15) is 6.10 Å². The average molecular weight is 526 g/mol. The zero-order chi connectivity index (χ0) is 22.6. The van der Waals surface area contributed by atoms with Gasteiger partial charge in [0.15, 0.2) is 0 Å². The van der Waals surface area contributed by atoms with E-state index in [0.29, 0.717) is 6.42 Å². The maximum absolute atomic E-state index is 12.3. The highest BCUT2D eigenvalue weighted by Gasteiger charge is 2.33. The second-order valence-corrected chi connectivity index (χ2v) is 9.21. The molecule has 0 heterocycles. The van der Waals surface area contributed by atoms with Crippen LogP contribution in [0.4, 0.5) is 0 Å². The maximum Gasteiger partial charge on any atom is 0.308 e. The number of halogens is 1.